The summed E-state index contributed by atoms with van der Waals surface area (Å²) in [5.41, 5.74) is 1.83. The predicted molar refractivity (Wildman–Crippen MR) is 88.2 cm³/mol. The average molecular weight is 292 g/mol. The number of benzene rings is 1. The van der Waals surface area contributed by atoms with Crippen molar-refractivity contribution < 1.29 is 4.39 Å². The molecule has 118 valence electrons. The fourth-order valence-electron chi connectivity index (χ4n) is 2.98. The average Bonchev–Trinajstić information content (AvgIpc) is 2.84. The first-order valence-electron chi connectivity index (χ1n) is 8.17. The largest absolute Gasteiger partial charge is 0.369 e. The van der Waals surface area contributed by atoms with Crippen molar-refractivity contribution in [1.82, 2.24) is 5.32 Å². The van der Waals surface area contributed by atoms with Gasteiger partial charge < -0.3 is 10.2 Å². The molecular formula is C18H29FN2. The summed E-state index contributed by atoms with van der Waals surface area (Å²) in [5, 5.41) is 3.40. The van der Waals surface area contributed by atoms with E-state index < -0.39 is 0 Å². The molecule has 0 radical (unpaired) electrons. The fraction of sp³-hybridized carbons (Fsp3) is 0.667. The topological polar surface area (TPSA) is 15.3 Å². The Morgan fingerprint density at radius 3 is 2.71 bits per heavy atom. The van der Waals surface area contributed by atoms with Crippen molar-refractivity contribution in [3.8, 4) is 0 Å². The van der Waals surface area contributed by atoms with Crippen molar-refractivity contribution in [2.24, 2.45) is 5.92 Å². The molecule has 2 rings (SSSR count). The number of nitrogens with one attached hydrogen (secondary N) is 1. The molecule has 0 aliphatic carbocycles. The van der Waals surface area contributed by atoms with Crippen molar-refractivity contribution in [3.05, 3.63) is 29.6 Å². The lowest BCUT2D eigenvalue weighted by Crippen LogP contribution is -2.35. The fourth-order valence-corrected chi connectivity index (χ4v) is 2.98. The molecule has 1 N–H and O–H groups in total. The summed E-state index contributed by atoms with van der Waals surface area (Å²) in [6, 6.07) is 5.68. The summed E-state index contributed by atoms with van der Waals surface area (Å²) in [5.74, 6) is 0.650. The molecular weight excluding hydrogens is 263 g/mol. The summed E-state index contributed by atoms with van der Waals surface area (Å²) >= 11 is 0. The van der Waals surface area contributed by atoms with E-state index in [1.54, 1.807) is 6.07 Å². The van der Waals surface area contributed by atoms with Gasteiger partial charge in [-0.3, -0.25) is 0 Å². The molecule has 1 aromatic rings. The zero-order valence-corrected chi connectivity index (χ0v) is 13.9. The van der Waals surface area contributed by atoms with Crippen molar-refractivity contribution in [2.75, 3.05) is 18.0 Å². The van der Waals surface area contributed by atoms with Gasteiger partial charge in [-0.15, -0.1) is 0 Å². The van der Waals surface area contributed by atoms with E-state index in [2.05, 4.69) is 37.9 Å². The van der Waals surface area contributed by atoms with E-state index in [1.165, 1.54) is 19.3 Å². The van der Waals surface area contributed by atoms with Crippen LogP contribution in [0.25, 0.3) is 0 Å². The second-order valence-electron chi connectivity index (χ2n) is 7.28. The van der Waals surface area contributed by atoms with Gasteiger partial charge in [0.2, 0.25) is 0 Å². The maximum Gasteiger partial charge on any atom is 0.146 e. The molecule has 0 amide bonds. The van der Waals surface area contributed by atoms with Gasteiger partial charge in [0.05, 0.1) is 5.69 Å². The third-order valence-corrected chi connectivity index (χ3v) is 4.16. The van der Waals surface area contributed by atoms with E-state index in [4.69, 9.17) is 0 Å². The van der Waals surface area contributed by atoms with Crippen molar-refractivity contribution in [1.29, 1.82) is 0 Å². The van der Waals surface area contributed by atoms with Crippen LogP contribution in [-0.4, -0.2) is 18.6 Å². The first kappa shape index (κ1) is 16.3. The normalized spacial score (nSPS) is 19.3. The van der Waals surface area contributed by atoms with Gasteiger partial charge in [-0.2, -0.15) is 0 Å². The van der Waals surface area contributed by atoms with Crippen molar-refractivity contribution in [3.63, 3.8) is 0 Å². The molecule has 1 saturated heterocycles. The molecule has 0 bridgehead atoms. The van der Waals surface area contributed by atoms with Gasteiger partial charge in [-0.25, -0.2) is 4.39 Å². The zero-order chi connectivity index (χ0) is 15.5. The molecule has 1 aliphatic rings. The Balaban J connectivity index is 1.99. The summed E-state index contributed by atoms with van der Waals surface area (Å²) < 4.78 is 14.4. The number of hydrogen-bond donors (Lipinski definition) is 1. The van der Waals surface area contributed by atoms with Gasteiger partial charge in [0.25, 0.3) is 0 Å². The van der Waals surface area contributed by atoms with Crippen LogP contribution in [0.2, 0.25) is 0 Å². The van der Waals surface area contributed by atoms with Crippen LogP contribution in [0.4, 0.5) is 10.1 Å². The first-order chi connectivity index (χ1) is 9.89. The molecule has 21 heavy (non-hydrogen) atoms. The van der Waals surface area contributed by atoms with Gasteiger partial charge in [-0.05, 0) is 57.2 Å². The van der Waals surface area contributed by atoms with Gasteiger partial charge in [0.15, 0.2) is 0 Å². The Bertz CT molecular complexity index is 465. The third kappa shape index (κ3) is 4.70. The van der Waals surface area contributed by atoms with E-state index in [1.807, 2.05) is 12.1 Å². The Labute approximate surface area is 128 Å². The van der Waals surface area contributed by atoms with E-state index >= 15 is 0 Å². The lowest BCUT2D eigenvalue weighted by molar-refractivity contribution is 0.423. The molecule has 1 fully saturated rings. The lowest BCUT2D eigenvalue weighted by atomic mass is 10.0. The summed E-state index contributed by atoms with van der Waals surface area (Å²) in [6.07, 6.45) is 3.67. The number of hydrogen-bond acceptors (Lipinski definition) is 2. The molecule has 0 saturated carbocycles. The molecule has 0 aromatic heterocycles. The second-order valence-corrected chi connectivity index (χ2v) is 7.28. The van der Waals surface area contributed by atoms with Crippen molar-refractivity contribution >= 4 is 5.69 Å². The van der Waals surface area contributed by atoms with E-state index in [-0.39, 0.29) is 11.4 Å². The highest BCUT2D eigenvalue weighted by atomic mass is 19.1. The van der Waals surface area contributed by atoms with E-state index in [0.717, 1.165) is 30.3 Å². The molecule has 1 unspecified atom stereocenters. The highest BCUT2D eigenvalue weighted by Crippen LogP contribution is 2.29. The Kier molecular flexibility index (Phi) is 5.26. The molecule has 2 nitrogen and oxygen atoms in total. The van der Waals surface area contributed by atoms with Gasteiger partial charge in [0.1, 0.15) is 5.82 Å². The minimum Gasteiger partial charge on any atom is -0.369 e. The molecule has 3 heteroatoms. The van der Waals surface area contributed by atoms with Crippen LogP contribution in [0.3, 0.4) is 0 Å². The number of nitrogens with zero attached hydrogens (tertiary/aromatic N) is 1. The van der Waals surface area contributed by atoms with Crippen LogP contribution in [0.1, 0.15) is 52.5 Å². The highest BCUT2D eigenvalue weighted by Gasteiger charge is 2.23. The molecule has 1 atom stereocenters. The molecule has 1 aliphatic heterocycles. The summed E-state index contributed by atoms with van der Waals surface area (Å²) in [6.45, 7) is 11.3. The van der Waals surface area contributed by atoms with Crippen LogP contribution in [0.15, 0.2) is 18.2 Å². The van der Waals surface area contributed by atoms with Crippen LogP contribution in [0.5, 0.6) is 0 Å². The van der Waals surface area contributed by atoms with Crippen LogP contribution in [-0.2, 0) is 6.54 Å². The van der Waals surface area contributed by atoms with Crippen LogP contribution >= 0.6 is 0 Å². The standard InChI is InChI=1S/C18H29FN2/c1-5-6-14-9-10-21(13-14)17-8-7-15(11-16(17)19)12-20-18(2,3)4/h7-8,11,14,20H,5-6,9-10,12-13H2,1-4H3. The van der Waals surface area contributed by atoms with E-state index in [9.17, 15) is 4.39 Å². The molecule has 0 spiro atoms. The maximum absolute atomic E-state index is 14.4. The SMILES string of the molecule is CCCC1CCN(c2ccc(CNC(C)(C)C)cc2F)C1. The van der Waals surface area contributed by atoms with Gasteiger partial charge in [-0.1, -0.05) is 19.4 Å². The maximum atomic E-state index is 14.4. The minimum atomic E-state index is -0.0830. The van der Waals surface area contributed by atoms with Gasteiger partial charge >= 0.3 is 0 Å². The third-order valence-electron chi connectivity index (χ3n) is 4.16. The predicted octanol–water partition coefficient (Wildman–Crippen LogP) is 4.34. The Morgan fingerprint density at radius 1 is 1.33 bits per heavy atom. The second kappa shape index (κ2) is 6.78. The van der Waals surface area contributed by atoms with Crippen LogP contribution < -0.4 is 10.2 Å². The zero-order valence-electron chi connectivity index (χ0n) is 13.9. The highest BCUT2D eigenvalue weighted by molar-refractivity contribution is 5.50. The number of rotatable bonds is 5. The minimum absolute atomic E-state index is 0.0530. The van der Waals surface area contributed by atoms with Gasteiger partial charge in [0, 0.05) is 25.2 Å². The summed E-state index contributed by atoms with van der Waals surface area (Å²) in [7, 11) is 0. The lowest BCUT2D eigenvalue weighted by Gasteiger charge is -2.22. The molecule has 1 heterocycles. The quantitative estimate of drug-likeness (QED) is 0.868. The number of anilines is 1. The van der Waals surface area contributed by atoms with Crippen LogP contribution in [0, 0.1) is 11.7 Å². The first-order valence-corrected chi connectivity index (χ1v) is 8.17. The van der Waals surface area contributed by atoms with E-state index in [0.29, 0.717) is 6.54 Å². The smallest absolute Gasteiger partial charge is 0.146 e. The number of halogens is 1. The van der Waals surface area contributed by atoms with Crippen molar-refractivity contribution in [2.45, 2.75) is 59.0 Å². The Morgan fingerprint density at radius 2 is 2.10 bits per heavy atom. The Hall–Kier alpha value is -1.09. The monoisotopic (exact) mass is 292 g/mol. The summed E-state index contributed by atoms with van der Waals surface area (Å²) in [4.78, 5) is 2.20. The molecule has 1 aromatic carbocycles.